The average Bonchev–Trinajstić information content (AvgIpc) is 2.92. The highest BCUT2D eigenvalue weighted by molar-refractivity contribution is 7.89. The number of hydrogen-bond donors (Lipinski definition) is 1. The summed E-state index contributed by atoms with van der Waals surface area (Å²) >= 11 is 0. The number of carbonyl (C=O) groups is 2. The summed E-state index contributed by atoms with van der Waals surface area (Å²) in [6.45, 7) is 3.17. The van der Waals surface area contributed by atoms with Crippen LogP contribution in [0.2, 0.25) is 0 Å². The molecule has 1 N–H and O–H groups in total. The Morgan fingerprint density at radius 2 is 1.68 bits per heavy atom. The molecule has 3 aromatic rings. The lowest BCUT2D eigenvalue weighted by Gasteiger charge is -2.33. The van der Waals surface area contributed by atoms with Gasteiger partial charge in [-0.1, -0.05) is 36.8 Å². The lowest BCUT2D eigenvalue weighted by molar-refractivity contribution is -0.125. The summed E-state index contributed by atoms with van der Waals surface area (Å²) in [7, 11) is -3.56. The van der Waals surface area contributed by atoms with Crippen molar-refractivity contribution >= 4 is 33.2 Å². The predicted octanol–water partition coefficient (Wildman–Crippen LogP) is 4.43. The summed E-state index contributed by atoms with van der Waals surface area (Å²) in [5, 5.41) is 2.84. The molecule has 0 radical (unpaired) electrons. The maximum Gasteiger partial charge on any atom is 0.268 e. The van der Waals surface area contributed by atoms with Crippen molar-refractivity contribution in [2.24, 2.45) is 0 Å². The minimum atomic E-state index is -3.56. The maximum atomic E-state index is 12.9. The molecule has 0 aliphatic carbocycles. The molecule has 1 atom stereocenters. The Balaban J connectivity index is 1.31. The molecule has 0 aromatic heterocycles. The van der Waals surface area contributed by atoms with Crippen molar-refractivity contribution in [3.8, 4) is 5.75 Å². The molecule has 2 heterocycles. The van der Waals surface area contributed by atoms with Gasteiger partial charge < -0.3 is 15.0 Å². The number of nitrogens with one attached hydrogen (secondary N) is 1. The van der Waals surface area contributed by atoms with E-state index in [-0.39, 0.29) is 16.7 Å². The van der Waals surface area contributed by atoms with Crippen LogP contribution in [0.1, 0.15) is 42.1 Å². The van der Waals surface area contributed by atoms with Crippen LogP contribution in [-0.4, -0.2) is 43.7 Å². The largest absolute Gasteiger partial charge is 0.479 e. The molecular weight excluding hydrogens is 490 g/mol. The first kappa shape index (κ1) is 25.0. The number of hydrogen-bond acceptors (Lipinski definition) is 5. The highest BCUT2D eigenvalue weighted by Crippen LogP contribution is 2.37. The Labute approximate surface area is 216 Å². The molecule has 0 spiro atoms. The second kappa shape index (κ2) is 10.4. The molecule has 192 valence electrons. The van der Waals surface area contributed by atoms with Gasteiger partial charge in [0.25, 0.3) is 11.8 Å². The van der Waals surface area contributed by atoms with Gasteiger partial charge in [-0.2, -0.15) is 4.31 Å². The fourth-order valence-corrected chi connectivity index (χ4v) is 6.17. The molecule has 2 aliphatic heterocycles. The number of amides is 2. The predicted molar refractivity (Wildman–Crippen MR) is 141 cm³/mol. The van der Waals surface area contributed by atoms with Crippen molar-refractivity contribution in [1.29, 1.82) is 0 Å². The third kappa shape index (κ3) is 5.23. The highest BCUT2D eigenvalue weighted by atomic mass is 32.2. The first-order chi connectivity index (χ1) is 17.8. The summed E-state index contributed by atoms with van der Waals surface area (Å²) in [5.74, 6) is -0.000477. The molecule has 2 aliphatic rings. The Morgan fingerprint density at radius 3 is 2.38 bits per heavy atom. The molecule has 1 saturated heterocycles. The van der Waals surface area contributed by atoms with Crippen molar-refractivity contribution < 1.29 is 22.7 Å². The molecule has 5 rings (SSSR count). The molecule has 9 heteroatoms. The van der Waals surface area contributed by atoms with Crippen molar-refractivity contribution in [1.82, 2.24) is 4.31 Å². The first-order valence-electron chi connectivity index (χ1n) is 12.4. The van der Waals surface area contributed by atoms with E-state index >= 15 is 0 Å². The third-order valence-corrected chi connectivity index (χ3v) is 8.59. The van der Waals surface area contributed by atoms with Crippen LogP contribution in [0.3, 0.4) is 0 Å². The van der Waals surface area contributed by atoms with Crippen molar-refractivity contribution in [3.63, 3.8) is 0 Å². The normalized spacial score (nSPS) is 18.1. The summed E-state index contributed by atoms with van der Waals surface area (Å²) in [4.78, 5) is 27.6. The molecule has 1 unspecified atom stereocenters. The van der Waals surface area contributed by atoms with Crippen LogP contribution in [-0.2, 0) is 21.4 Å². The van der Waals surface area contributed by atoms with Crippen molar-refractivity contribution in [2.45, 2.75) is 43.7 Å². The topological polar surface area (TPSA) is 96.0 Å². The van der Waals surface area contributed by atoms with Gasteiger partial charge in [-0.15, -0.1) is 0 Å². The number of piperidine rings is 1. The van der Waals surface area contributed by atoms with Crippen LogP contribution in [0.25, 0.3) is 0 Å². The first-order valence-corrected chi connectivity index (χ1v) is 13.8. The van der Waals surface area contributed by atoms with Crippen LogP contribution in [0.4, 0.5) is 11.4 Å². The Morgan fingerprint density at radius 1 is 0.973 bits per heavy atom. The molecule has 2 amide bonds. The zero-order valence-electron chi connectivity index (χ0n) is 20.6. The second-order valence-corrected chi connectivity index (χ2v) is 11.2. The van der Waals surface area contributed by atoms with Gasteiger partial charge >= 0.3 is 0 Å². The maximum absolute atomic E-state index is 12.9. The van der Waals surface area contributed by atoms with Gasteiger partial charge in [-0.3, -0.25) is 9.59 Å². The van der Waals surface area contributed by atoms with Gasteiger partial charge in [0.1, 0.15) is 5.75 Å². The van der Waals surface area contributed by atoms with Gasteiger partial charge in [0.05, 0.1) is 17.1 Å². The van der Waals surface area contributed by atoms with Crippen LogP contribution < -0.4 is 15.0 Å². The average molecular weight is 520 g/mol. The summed E-state index contributed by atoms with van der Waals surface area (Å²) in [6.07, 6.45) is 2.11. The molecular formula is C28H29N3O5S. The number of ether oxygens (including phenoxy) is 1. The van der Waals surface area contributed by atoms with Crippen LogP contribution in [0.15, 0.2) is 77.7 Å². The third-order valence-electron chi connectivity index (χ3n) is 6.68. The smallest absolute Gasteiger partial charge is 0.268 e. The molecule has 37 heavy (non-hydrogen) atoms. The van der Waals surface area contributed by atoms with Crippen LogP contribution in [0.5, 0.6) is 5.75 Å². The SMILES string of the molecule is CC1Oc2cc(NC(=O)c3ccc(S(=O)(=O)N4CCCCC4)cc3)ccc2N(Cc2ccccc2)C1=O. The molecule has 0 saturated carbocycles. The van der Waals surface area contributed by atoms with Gasteiger partial charge in [-0.25, -0.2) is 8.42 Å². The summed E-state index contributed by atoms with van der Waals surface area (Å²) in [6, 6.07) is 20.9. The number of benzene rings is 3. The fraction of sp³-hybridized carbons (Fsp3) is 0.286. The summed E-state index contributed by atoms with van der Waals surface area (Å²) in [5.41, 5.74) is 2.48. The van der Waals surface area contributed by atoms with Gasteiger partial charge in [0.2, 0.25) is 10.0 Å². The van der Waals surface area contributed by atoms with E-state index < -0.39 is 16.1 Å². The number of fused-ring (bicyclic) bond motifs is 1. The fourth-order valence-electron chi connectivity index (χ4n) is 4.65. The number of carbonyl (C=O) groups excluding carboxylic acids is 2. The van der Waals surface area contributed by atoms with E-state index in [0.717, 1.165) is 24.8 Å². The van der Waals surface area contributed by atoms with E-state index in [4.69, 9.17) is 4.74 Å². The summed E-state index contributed by atoms with van der Waals surface area (Å²) < 4.78 is 33.1. The highest BCUT2D eigenvalue weighted by Gasteiger charge is 2.32. The zero-order chi connectivity index (χ0) is 26.0. The monoisotopic (exact) mass is 519 g/mol. The second-order valence-electron chi connectivity index (χ2n) is 9.30. The standard InChI is InChI=1S/C28H29N3O5S/c1-20-28(33)31(19-21-8-4-2-5-9-21)25-15-12-23(18-26(25)36-20)29-27(32)22-10-13-24(14-11-22)37(34,35)30-16-6-3-7-17-30/h2,4-5,8-15,18,20H,3,6-7,16-17,19H2,1H3,(H,29,32). The molecule has 8 nitrogen and oxygen atoms in total. The van der Waals surface area contributed by atoms with E-state index in [1.54, 1.807) is 30.0 Å². The van der Waals surface area contributed by atoms with E-state index in [9.17, 15) is 18.0 Å². The molecule has 0 bridgehead atoms. The number of rotatable bonds is 6. The van der Waals surface area contributed by atoms with Gasteiger partial charge in [-0.05, 0) is 61.7 Å². The van der Waals surface area contributed by atoms with E-state index in [2.05, 4.69) is 5.32 Å². The Hall–Kier alpha value is -3.69. The lowest BCUT2D eigenvalue weighted by Crippen LogP contribution is -2.44. The minimum Gasteiger partial charge on any atom is -0.479 e. The van der Waals surface area contributed by atoms with Gasteiger partial charge in [0.15, 0.2) is 6.10 Å². The lowest BCUT2D eigenvalue weighted by atomic mass is 10.1. The Bertz CT molecular complexity index is 1400. The number of anilines is 2. The number of sulfonamides is 1. The zero-order valence-corrected chi connectivity index (χ0v) is 21.4. The van der Waals surface area contributed by atoms with E-state index in [1.807, 2.05) is 30.3 Å². The van der Waals surface area contributed by atoms with Crippen LogP contribution >= 0.6 is 0 Å². The van der Waals surface area contributed by atoms with E-state index in [1.165, 1.54) is 28.6 Å². The molecule has 1 fully saturated rings. The molecule has 3 aromatic carbocycles. The van der Waals surface area contributed by atoms with Crippen LogP contribution in [0, 0.1) is 0 Å². The quantitative estimate of drug-likeness (QED) is 0.520. The van der Waals surface area contributed by atoms with Crippen molar-refractivity contribution in [2.75, 3.05) is 23.3 Å². The Kier molecular flexibility index (Phi) is 6.99. The van der Waals surface area contributed by atoms with Gasteiger partial charge in [0, 0.05) is 30.4 Å². The van der Waals surface area contributed by atoms with E-state index in [0.29, 0.717) is 42.3 Å². The van der Waals surface area contributed by atoms with Crippen molar-refractivity contribution in [3.05, 3.63) is 83.9 Å². The number of nitrogens with zero attached hydrogens (tertiary/aromatic N) is 2. The minimum absolute atomic E-state index is 0.132.